The maximum Gasteiger partial charge on any atom is 0.335 e. The molecule has 0 saturated carbocycles. The van der Waals surface area contributed by atoms with Crippen molar-refractivity contribution in [3.63, 3.8) is 0 Å². The van der Waals surface area contributed by atoms with E-state index in [1.54, 1.807) is 82.7 Å². The van der Waals surface area contributed by atoms with Crippen LogP contribution in [0.2, 0.25) is 57.4 Å². The van der Waals surface area contributed by atoms with E-state index in [2.05, 4.69) is 113 Å². The zero-order valence-electron chi connectivity index (χ0n) is 68.2. The molecule has 3 aromatic heterocycles. The summed E-state index contributed by atoms with van der Waals surface area (Å²) in [5.41, 5.74) is 25.2. The van der Waals surface area contributed by atoms with E-state index >= 15 is 0 Å². The van der Waals surface area contributed by atoms with E-state index in [1.807, 2.05) is 0 Å². The second-order valence-corrected chi connectivity index (χ2v) is 28.9. The van der Waals surface area contributed by atoms with Gasteiger partial charge in [0.1, 0.15) is 23.6 Å². The van der Waals surface area contributed by atoms with Crippen LogP contribution in [-0.4, -0.2) is 178 Å². The maximum atomic E-state index is 14.2. The molecule has 9 rings (SSSR count). The third kappa shape index (κ3) is 30.3. The van der Waals surface area contributed by atoms with Crippen molar-refractivity contribution in [2.75, 3.05) is 112 Å². The normalized spacial score (nSPS) is 11.6. The van der Waals surface area contributed by atoms with Crippen molar-refractivity contribution in [1.82, 2.24) is 55.9 Å². The Bertz CT molecular complexity index is 4970. The molecule has 0 bridgehead atoms. The highest BCUT2D eigenvalue weighted by atomic mass is 35.5. The Kier molecular flexibility index (Phi) is 40.7. The first kappa shape index (κ1) is 99.4. The molecule has 646 valence electrons. The van der Waals surface area contributed by atoms with Crippen LogP contribution < -0.4 is 63.7 Å². The molecule has 0 unspecified atom stereocenters. The second kappa shape index (κ2) is 49.5. The highest BCUT2D eigenvalue weighted by Gasteiger charge is 2.30. The van der Waals surface area contributed by atoms with Gasteiger partial charge in [-0.15, -0.1) is 30.6 Å². The quantitative estimate of drug-likeness (QED) is 0.00990. The lowest BCUT2D eigenvalue weighted by Crippen LogP contribution is -2.34. The number of aromatic nitrogens is 6. The Morgan fingerprint density at radius 1 is 0.421 bits per heavy atom. The lowest BCUT2D eigenvalue weighted by molar-refractivity contribution is 0.00217. The first-order chi connectivity index (χ1) is 57.6. The number of nitrogen functional groups attached to an aromatic ring is 3. The molecule has 9 aromatic rings. The Morgan fingerprint density at radius 3 is 1.00 bits per heavy atom. The van der Waals surface area contributed by atoms with Gasteiger partial charge in [-0.25, -0.2) is 18.0 Å². The Morgan fingerprint density at radius 2 is 0.711 bits per heavy atom. The molecule has 14 N–H and O–H groups in total. The summed E-state index contributed by atoms with van der Waals surface area (Å²) in [7, 11) is 0. The van der Waals surface area contributed by atoms with E-state index < -0.39 is 59.8 Å². The van der Waals surface area contributed by atoms with Gasteiger partial charge in [0.15, 0.2) is 51.8 Å². The first-order valence-electron chi connectivity index (χ1n) is 38.1. The smallest absolute Gasteiger partial charge is 0.335 e. The number of carbonyl (C=O) groups excluding carboxylic acids is 5. The molecule has 30 nitrogen and oxygen atoms in total. The minimum Gasteiger partial charge on any atom is -0.482 e. The number of anilines is 6. The molecule has 0 saturated heterocycles. The molecule has 6 aromatic carbocycles. The summed E-state index contributed by atoms with van der Waals surface area (Å²) < 4.78 is 71.2. The Balaban J connectivity index is 0.000000269. The van der Waals surface area contributed by atoms with Crippen LogP contribution in [0.15, 0.2) is 127 Å². The van der Waals surface area contributed by atoms with Gasteiger partial charge in [0, 0.05) is 96.2 Å². The fourth-order valence-electron chi connectivity index (χ4n) is 10.8. The van der Waals surface area contributed by atoms with E-state index in [9.17, 15) is 41.9 Å². The molecule has 0 aliphatic heterocycles. The lowest BCUT2D eigenvalue weighted by atomic mass is 9.75. The molecule has 0 radical (unpaired) electrons. The number of amides is 5. The summed E-state index contributed by atoms with van der Waals surface area (Å²) in [4.78, 5) is 80.8. The van der Waals surface area contributed by atoms with Crippen LogP contribution in [0.5, 0.6) is 17.2 Å². The number of aromatic carboxylic acids is 1. The number of benzene rings is 6. The minimum absolute atomic E-state index is 0.0396. The molecular weight excluding hydrogens is 1700 g/mol. The number of carboxylic acids is 1. The van der Waals surface area contributed by atoms with Crippen molar-refractivity contribution in [1.29, 1.82) is 0 Å². The molecule has 0 aliphatic carbocycles. The number of rotatable bonds is 36. The Labute approximate surface area is 730 Å². The van der Waals surface area contributed by atoms with Gasteiger partial charge >= 0.3 is 5.97 Å². The molecule has 0 spiro atoms. The van der Waals surface area contributed by atoms with Crippen molar-refractivity contribution in [2.45, 2.75) is 94.4 Å². The average Bonchev–Trinajstić information content (AvgIpc) is 0.802. The molecule has 3 heterocycles. The van der Waals surface area contributed by atoms with Crippen LogP contribution in [0.3, 0.4) is 0 Å². The number of likely N-dealkylation sites (N-methyl/N-ethyl adjacent to an activating group) is 3. The molecule has 0 aliphatic rings. The van der Waals surface area contributed by atoms with Crippen LogP contribution in [0.25, 0.3) is 0 Å². The third-order valence-electron chi connectivity index (χ3n) is 17.5. The van der Waals surface area contributed by atoms with Gasteiger partial charge in [-0.3, -0.25) is 24.0 Å². The molecule has 0 fully saturated rings. The topological polar surface area (TPSA) is 420 Å². The summed E-state index contributed by atoms with van der Waals surface area (Å²) >= 11 is 37.0. The number of hydrogen-bond acceptors (Lipinski definition) is 24. The van der Waals surface area contributed by atoms with Crippen LogP contribution in [-0.2, 0) is 9.31 Å². The van der Waals surface area contributed by atoms with Crippen LogP contribution in [0.1, 0.15) is 146 Å². The standard InChI is InChI=1S/C27H32BCl2FN6O4.C26H29Cl2FN6O3.C21H18BCl2FN4O5.C6H16N2/c1-5-37(6-2)14-13-33-25(38)16-7-9-17(10-8-16)34-26(39)20-15-21(24(32)36-35-20)40-27(41-28(3)4)22-18(29)11-12-19(31)23(22)30;1-4-35(5-2)13-12-31-25(36)16-6-8-17(9-7-16)32-26(37)20-14-21(24(30)34-33-20)38-15(3)22-18(27)10-11-19(29)23(22)28;1-22(2)34-21(16-12(23)7-8-13(25)17(16)24)33-15-9-14(28-29-18(15)26)19(30)27-11-5-3-10(4-6-11)20(31)32;1-3-8(4-2)6-5-7/h7-12,15,27H,5-6,13-14H2,1-4H3,(H2,32,36)(H,33,38)(H,34,39);6-11,14-15H,4-5,12-13H2,1-3H3,(H2,30,34)(H,31,36)(H,32,37);3-9,21H,1-2H3,(H2,26,29)(H,27,30)(H,31,32);3-7H2,1-2H3/t27-;15-;21-;/m111./s1. The van der Waals surface area contributed by atoms with Gasteiger partial charge in [-0.2, -0.15) is 0 Å². The van der Waals surface area contributed by atoms with Gasteiger partial charge < -0.3 is 92.8 Å². The number of halogens is 9. The van der Waals surface area contributed by atoms with Crippen molar-refractivity contribution in [2.24, 2.45) is 5.73 Å². The van der Waals surface area contributed by atoms with Crippen molar-refractivity contribution >= 4 is 153 Å². The van der Waals surface area contributed by atoms with E-state index in [0.717, 1.165) is 83.6 Å². The maximum absolute atomic E-state index is 14.2. The third-order valence-corrected chi connectivity index (χ3v) is 19.6. The predicted octanol–water partition coefficient (Wildman–Crippen LogP) is 15.2. The number of ether oxygens (including phenoxy) is 3. The molecular formula is C80H95B2Cl6F3N18O12. The van der Waals surface area contributed by atoms with Gasteiger partial charge in [-0.05, 0) is 155 Å². The summed E-state index contributed by atoms with van der Waals surface area (Å²) in [6.45, 7) is 30.7. The average molecular weight is 1790 g/mol. The van der Waals surface area contributed by atoms with Gasteiger partial charge in [0.2, 0.25) is 12.6 Å². The van der Waals surface area contributed by atoms with Crippen LogP contribution >= 0.6 is 69.6 Å². The summed E-state index contributed by atoms with van der Waals surface area (Å²) in [6, 6.07) is 29.5. The molecule has 5 amide bonds. The SMILES string of the molecule is CB(C)O[C@@H](Oc1cc(C(=O)Nc2ccc(C(=O)O)cc2)nnc1N)c1c(Cl)ccc(F)c1Cl.CCN(CC)CCN.CCN(CC)CCNC(=O)c1ccc(NC(=O)c2cc(O[C@H](C)c3c(Cl)ccc(F)c3Cl)c(N)nn2)cc1.CCN(CC)CCNC(=O)c1ccc(NC(=O)c2cc(O[C@H](OB(C)C)c3c(Cl)ccc(F)c3Cl)c(N)nn2)cc1. The molecule has 41 heteroatoms. The van der Waals surface area contributed by atoms with E-state index in [4.69, 9.17) is 121 Å². The Hall–Kier alpha value is -10.4. The summed E-state index contributed by atoms with van der Waals surface area (Å²) in [6.07, 6.45) is -3.35. The molecule has 3 atom stereocenters. The predicted molar refractivity (Wildman–Crippen MR) is 469 cm³/mol. The number of nitrogens with zero attached hydrogens (tertiary/aromatic N) is 9. The fraction of sp³-hybridized carbons (Fsp3) is 0.325. The van der Waals surface area contributed by atoms with Gasteiger partial charge in [0.05, 0.1) is 41.8 Å². The van der Waals surface area contributed by atoms with E-state index in [1.165, 1.54) is 60.7 Å². The largest absolute Gasteiger partial charge is 0.482 e. The summed E-state index contributed by atoms with van der Waals surface area (Å²) in [5, 5.41) is 45.1. The minimum atomic E-state index is -1.28. The fourth-order valence-corrected chi connectivity index (χ4v) is 12.6. The monoisotopic (exact) mass is 1790 g/mol. The van der Waals surface area contributed by atoms with E-state index in [-0.39, 0.29) is 130 Å². The first-order valence-corrected chi connectivity index (χ1v) is 40.4. The highest BCUT2D eigenvalue weighted by Crippen LogP contribution is 2.41. The van der Waals surface area contributed by atoms with Gasteiger partial charge in [-0.1, -0.05) is 138 Å². The number of nitrogens with two attached hydrogens (primary N) is 4. The highest BCUT2D eigenvalue weighted by molar-refractivity contribution is 6.49. The number of carbonyl (C=O) groups is 6. The number of hydrogen-bond donors (Lipinski definition) is 10. The summed E-state index contributed by atoms with van der Waals surface area (Å²) in [5.74, 6) is -5.90. The molecule has 121 heavy (non-hydrogen) atoms. The lowest BCUT2D eigenvalue weighted by Gasteiger charge is -2.24. The number of nitrogens with one attached hydrogen (secondary N) is 5. The van der Waals surface area contributed by atoms with Crippen molar-refractivity contribution in [3.8, 4) is 17.2 Å². The second-order valence-electron chi connectivity index (χ2n) is 26.5. The zero-order valence-corrected chi connectivity index (χ0v) is 72.7. The zero-order chi connectivity index (χ0) is 89.3. The van der Waals surface area contributed by atoms with Crippen LogP contribution in [0, 0.1) is 17.5 Å². The van der Waals surface area contributed by atoms with Gasteiger partial charge in [0.25, 0.3) is 43.4 Å². The van der Waals surface area contributed by atoms with Crippen molar-refractivity contribution < 1.29 is 70.6 Å². The number of carboxylic acid groups (broad SMARTS) is 1. The van der Waals surface area contributed by atoms with Crippen molar-refractivity contribution in [3.05, 3.63) is 225 Å². The van der Waals surface area contributed by atoms with E-state index in [0.29, 0.717) is 41.3 Å². The van der Waals surface area contributed by atoms with Crippen LogP contribution in [0.4, 0.5) is 47.7 Å².